The zero-order chi connectivity index (χ0) is 15.3. The van der Waals surface area contributed by atoms with Gasteiger partial charge >= 0.3 is 5.97 Å². The molecule has 2 rings (SSSR count). The molecule has 0 bridgehead atoms. The Morgan fingerprint density at radius 2 is 2.05 bits per heavy atom. The number of hydrogen-bond acceptors (Lipinski definition) is 4. The third kappa shape index (κ3) is 4.43. The lowest BCUT2D eigenvalue weighted by Gasteiger charge is -2.30. The number of ether oxygens (including phenoxy) is 1. The summed E-state index contributed by atoms with van der Waals surface area (Å²) in [4.78, 5) is 14.9. The monoisotopic (exact) mass is 296 g/mol. The van der Waals surface area contributed by atoms with Gasteiger partial charge in [-0.15, -0.1) is 0 Å². The summed E-state index contributed by atoms with van der Waals surface area (Å²) in [5.74, 6) is -0.0265. The first kappa shape index (κ1) is 16.8. The molecule has 2 fully saturated rings. The van der Waals surface area contributed by atoms with Crippen LogP contribution in [0.25, 0.3) is 0 Å². The molecule has 1 N–H and O–H groups in total. The molecule has 0 spiro atoms. The van der Waals surface area contributed by atoms with Crippen LogP contribution in [-0.4, -0.2) is 48.7 Å². The zero-order valence-corrected chi connectivity index (χ0v) is 14.0. The van der Waals surface area contributed by atoms with Crippen molar-refractivity contribution in [3.05, 3.63) is 0 Å². The third-order valence-corrected chi connectivity index (χ3v) is 4.95. The minimum absolute atomic E-state index is 0.0265. The molecule has 0 aromatic heterocycles. The van der Waals surface area contributed by atoms with Gasteiger partial charge in [0.1, 0.15) is 5.54 Å². The van der Waals surface area contributed by atoms with Crippen LogP contribution in [0.5, 0.6) is 0 Å². The van der Waals surface area contributed by atoms with Gasteiger partial charge in [0.05, 0.1) is 6.61 Å². The fraction of sp³-hybridized carbons (Fsp3) is 0.941. The highest BCUT2D eigenvalue weighted by atomic mass is 16.5. The summed E-state index contributed by atoms with van der Waals surface area (Å²) in [6.07, 6.45) is 9.15. The van der Waals surface area contributed by atoms with Crippen LogP contribution in [-0.2, 0) is 9.53 Å². The second kappa shape index (κ2) is 7.59. The third-order valence-electron chi connectivity index (χ3n) is 4.95. The summed E-state index contributed by atoms with van der Waals surface area (Å²) < 4.78 is 5.36. The molecule has 2 atom stereocenters. The maximum atomic E-state index is 12.5. The van der Waals surface area contributed by atoms with Gasteiger partial charge < -0.3 is 9.64 Å². The van der Waals surface area contributed by atoms with E-state index in [1.54, 1.807) is 0 Å². The van der Waals surface area contributed by atoms with Gasteiger partial charge in [-0.2, -0.15) is 0 Å². The summed E-state index contributed by atoms with van der Waals surface area (Å²) in [6, 6.07) is 1.05. The lowest BCUT2D eigenvalue weighted by atomic mass is 9.96. The van der Waals surface area contributed by atoms with E-state index in [1.165, 1.54) is 32.1 Å². The van der Waals surface area contributed by atoms with E-state index in [2.05, 4.69) is 24.2 Å². The van der Waals surface area contributed by atoms with E-state index >= 15 is 0 Å². The Bertz CT molecular complexity index is 344. The van der Waals surface area contributed by atoms with E-state index in [4.69, 9.17) is 4.74 Å². The SMILES string of the molecule is CCCCCN(C)C1CCC(NC2CC2)(C(=O)OCC)C1. The van der Waals surface area contributed by atoms with Gasteiger partial charge in [-0.3, -0.25) is 10.1 Å². The molecule has 0 aromatic rings. The summed E-state index contributed by atoms with van der Waals surface area (Å²) in [6.45, 7) is 5.75. The molecule has 4 heteroatoms. The van der Waals surface area contributed by atoms with Gasteiger partial charge in [-0.25, -0.2) is 0 Å². The number of hydrogen-bond donors (Lipinski definition) is 1. The molecule has 0 amide bonds. The fourth-order valence-corrected chi connectivity index (χ4v) is 3.45. The zero-order valence-electron chi connectivity index (χ0n) is 14.0. The molecule has 21 heavy (non-hydrogen) atoms. The highest BCUT2D eigenvalue weighted by Gasteiger charge is 2.49. The lowest BCUT2D eigenvalue weighted by molar-refractivity contribution is -0.151. The van der Waals surface area contributed by atoms with Crippen molar-refractivity contribution in [1.82, 2.24) is 10.2 Å². The van der Waals surface area contributed by atoms with Crippen LogP contribution in [0.1, 0.15) is 65.2 Å². The predicted octanol–water partition coefficient (Wildman–Crippen LogP) is 2.71. The minimum atomic E-state index is -0.416. The van der Waals surface area contributed by atoms with Crippen LogP contribution < -0.4 is 5.32 Å². The van der Waals surface area contributed by atoms with E-state index in [1.807, 2.05) is 6.92 Å². The number of esters is 1. The smallest absolute Gasteiger partial charge is 0.326 e. The van der Waals surface area contributed by atoms with Crippen molar-refractivity contribution < 1.29 is 9.53 Å². The second-order valence-corrected chi connectivity index (χ2v) is 6.81. The molecular weight excluding hydrogens is 264 g/mol. The highest BCUT2D eigenvalue weighted by molar-refractivity contribution is 5.81. The van der Waals surface area contributed by atoms with Gasteiger partial charge in [0, 0.05) is 12.1 Å². The molecule has 2 aliphatic rings. The quantitative estimate of drug-likeness (QED) is 0.525. The average molecular weight is 296 g/mol. The normalized spacial score (nSPS) is 29.0. The first-order valence-corrected chi connectivity index (χ1v) is 8.76. The maximum Gasteiger partial charge on any atom is 0.326 e. The number of carbonyl (C=O) groups is 1. The van der Waals surface area contributed by atoms with Crippen LogP contribution >= 0.6 is 0 Å². The van der Waals surface area contributed by atoms with Gasteiger partial charge in [-0.1, -0.05) is 19.8 Å². The lowest BCUT2D eigenvalue weighted by Crippen LogP contribution is -2.53. The van der Waals surface area contributed by atoms with E-state index < -0.39 is 5.54 Å². The Labute approximate surface area is 129 Å². The summed E-state index contributed by atoms with van der Waals surface area (Å²) in [5.41, 5.74) is -0.416. The first-order valence-electron chi connectivity index (χ1n) is 8.76. The number of rotatable bonds is 9. The maximum absolute atomic E-state index is 12.5. The van der Waals surface area contributed by atoms with Crippen molar-refractivity contribution in [2.24, 2.45) is 0 Å². The summed E-state index contributed by atoms with van der Waals surface area (Å²) in [7, 11) is 2.21. The summed E-state index contributed by atoms with van der Waals surface area (Å²) >= 11 is 0. The van der Waals surface area contributed by atoms with Crippen LogP contribution in [0.3, 0.4) is 0 Å². The van der Waals surface area contributed by atoms with Gasteiger partial charge in [0.25, 0.3) is 0 Å². The molecule has 0 aliphatic heterocycles. The van der Waals surface area contributed by atoms with Crippen molar-refractivity contribution >= 4 is 5.97 Å². The predicted molar refractivity (Wildman–Crippen MR) is 85.3 cm³/mol. The molecule has 122 valence electrons. The molecular formula is C17H32N2O2. The van der Waals surface area contributed by atoms with Gasteiger partial charge in [0.15, 0.2) is 0 Å². The standard InChI is InChI=1S/C17H32N2O2/c1-4-6-7-12-19(3)15-10-11-17(13-15,16(20)21-5-2)18-14-8-9-14/h14-15,18H,4-13H2,1-3H3. The first-order chi connectivity index (χ1) is 10.1. The number of carbonyl (C=O) groups excluding carboxylic acids is 1. The summed E-state index contributed by atoms with van der Waals surface area (Å²) in [5, 5.41) is 3.60. The number of nitrogens with zero attached hydrogens (tertiary/aromatic N) is 1. The Kier molecular flexibility index (Phi) is 6.06. The molecule has 4 nitrogen and oxygen atoms in total. The van der Waals surface area contributed by atoms with Crippen molar-refractivity contribution in [3.63, 3.8) is 0 Å². The Morgan fingerprint density at radius 3 is 2.67 bits per heavy atom. The molecule has 0 saturated heterocycles. The van der Waals surface area contributed by atoms with Crippen LogP contribution in [0, 0.1) is 0 Å². The van der Waals surface area contributed by atoms with Crippen LogP contribution in [0.4, 0.5) is 0 Å². The molecule has 0 radical (unpaired) electrons. The number of unbranched alkanes of at least 4 members (excludes halogenated alkanes) is 2. The molecule has 0 heterocycles. The average Bonchev–Trinajstić information content (AvgIpc) is 3.16. The fourth-order valence-electron chi connectivity index (χ4n) is 3.45. The number of nitrogens with one attached hydrogen (secondary N) is 1. The Balaban J connectivity index is 1.91. The van der Waals surface area contributed by atoms with Crippen molar-refractivity contribution in [2.45, 2.75) is 82.8 Å². The van der Waals surface area contributed by atoms with Crippen LogP contribution in [0.2, 0.25) is 0 Å². The van der Waals surface area contributed by atoms with E-state index in [0.717, 1.165) is 25.8 Å². The highest BCUT2D eigenvalue weighted by Crippen LogP contribution is 2.37. The second-order valence-electron chi connectivity index (χ2n) is 6.81. The van der Waals surface area contributed by atoms with E-state index in [0.29, 0.717) is 18.7 Å². The topological polar surface area (TPSA) is 41.6 Å². The van der Waals surface area contributed by atoms with Crippen LogP contribution in [0.15, 0.2) is 0 Å². The Morgan fingerprint density at radius 1 is 1.29 bits per heavy atom. The Hall–Kier alpha value is -0.610. The van der Waals surface area contributed by atoms with E-state index in [-0.39, 0.29) is 5.97 Å². The van der Waals surface area contributed by atoms with Crippen molar-refractivity contribution in [2.75, 3.05) is 20.2 Å². The molecule has 2 saturated carbocycles. The van der Waals surface area contributed by atoms with Gasteiger partial charge in [-0.05, 0) is 59.0 Å². The van der Waals surface area contributed by atoms with E-state index in [9.17, 15) is 4.79 Å². The molecule has 0 aromatic carbocycles. The minimum Gasteiger partial charge on any atom is -0.465 e. The molecule has 2 aliphatic carbocycles. The largest absolute Gasteiger partial charge is 0.465 e. The van der Waals surface area contributed by atoms with Crippen molar-refractivity contribution in [1.29, 1.82) is 0 Å². The van der Waals surface area contributed by atoms with Crippen molar-refractivity contribution in [3.8, 4) is 0 Å². The van der Waals surface area contributed by atoms with Gasteiger partial charge in [0.2, 0.25) is 0 Å². The molecule has 2 unspecified atom stereocenters.